The molecular weight excluding hydrogens is 476 g/mol. The molecule has 0 aliphatic rings. The van der Waals surface area contributed by atoms with Crippen molar-refractivity contribution in [2.75, 3.05) is 0 Å². The van der Waals surface area contributed by atoms with Crippen LogP contribution in [0.1, 0.15) is 219 Å². The van der Waals surface area contributed by atoms with Gasteiger partial charge in [0.15, 0.2) is 0 Å². The second-order valence-corrected chi connectivity index (χ2v) is 12.5. The maximum atomic E-state index is 11.5. The van der Waals surface area contributed by atoms with Gasteiger partial charge < -0.3 is 9.90 Å². The number of allylic oxidation sites excluding steroid dienone is 1. The quantitative estimate of drug-likeness (QED) is 0.0605. The van der Waals surface area contributed by atoms with Crippen molar-refractivity contribution in [1.29, 1.82) is 0 Å². The molecule has 0 amide bonds. The molecule has 2 nitrogen and oxygen atoms in total. The first-order chi connectivity index (χ1) is 19.2. The molecule has 0 saturated heterocycles. The van der Waals surface area contributed by atoms with Crippen LogP contribution >= 0.6 is 0 Å². The van der Waals surface area contributed by atoms with Gasteiger partial charge in [0.05, 0.1) is 5.97 Å². The van der Waals surface area contributed by atoms with E-state index < -0.39 is 5.97 Å². The molecule has 0 rings (SSSR count). The highest BCUT2D eigenvalue weighted by Gasteiger charge is 2.00. The van der Waals surface area contributed by atoms with Gasteiger partial charge in [0, 0.05) is 0 Å². The summed E-state index contributed by atoms with van der Waals surface area (Å²) in [6.07, 6.45) is 44.2. The van der Waals surface area contributed by atoms with Crippen molar-refractivity contribution < 1.29 is 9.90 Å². The zero-order valence-electron chi connectivity index (χ0n) is 27.0. The number of rotatable bonds is 33. The third-order valence-corrected chi connectivity index (χ3v) is 8.51. The summed E-state index contributed by atoms with van der Waals surface area (Å²) in [4.78, 5) is 11.5. The average molecular weight is 548 g/mol. The van der Waals surface area contributed by atoms with Gasteiger partial charge in [0.25, 0.3) is 0 Å². The monoisotopic (exact) mass is 548 g/mol. The van der Waals surface area contributed by atoms with Crippen molar-refractivity contribution in [2.24, 2.45) is 0 Å². The summed E-state index contributed by atoms with van der Waals surface area (Å²) < 4.78 is 0. The summed E-state index contributed by atoms with van der Waals surface area (Å²) in [6.45, 7) is 4.56. The maximum Gasteiger partial charge on any atom is 0.0671 e. The molecule has 0 aliphatic heterocycles. The molecule has 0 unspecified atom stereocenters. The van der Waals surface area contributed by atoms with Crippen LogP contribution in [0, 0.1) is 0 Å². The predicted octanol–water partition coefficient (Wildman–Crippen LogP) is 12.2. The van der Waals surface area contributed by atoms with E-state index in [4.69, 9.17) is 0 Å². The molecule has 0 fully saturated rings. The fourth-order valence-electron chi connectivity index (χ4n) is 5.77. The Bertz CT molecular complexity index is 510. The highest BCUT2D eigenvalue weighted by molar-refractivity contribution is 5.84. The summed E-state index contributed by atoms with van der Waals surface area (Å²) in [5.74, 6) is -0.945. The molecule has 0 N–H and O–H groups in total. The molecule has 2 heteroatoms. The van der Waals surface area contributed by atoms with Crippen molar-refractivity contribution in [2.45, 2.75) is 219 Å². The third kappa shape index (κ3) is 31.6. The van der Waals surface area contributed by atoms with E-state index in [0.717, 1.165) is 25.7 Å². The zero-order valence-corrected chi connectivity index (χ0v) is 27.0. The lowest BCUT2D eigenvalue weighted by Crippen LogP contribution is -2.24. The Morgan fingerprint density at radius 2 is 0.667 bits per heavy atom. The van der Waals surface area contributed by atoms with Crippen LogP contribution in [0.3, 0.4) is 0 Å². The summed E-state index contributed by atoms with van der Waals surface area (Å²) in [5, 5.41) is 11.5. The molecule has 0 aromatic heterocycles. The lowest BCUT2D eigenvalue weighted by molar-refractivity contribution is -0.299. The van der Waals surface area contributed by atoms with Crippen LogP contribution in [0.15, 0.2) is 11.6 Å². The van der Waals surface area contributed by atoms with Crippen LogP contribution in [-0.2, 0) is 4.79 Å². The van der Waals surface area contributed by atoms with Crippen LogP contribution in [0.25, 0.3) is 0 Å². The summed E-state index contributed by atoms with van der Waals surface area (Å²) in [5.41, 5.74) is 0.549. The molecule has 39 heavy (non-hydrogen) atoms. The number of carboxylic acid groups (broad SMARTS) is 1. The van der Waals surface area contributed by atoms with Gasteiger partial charge in [-0.15, -0.1) is 0 Å². The number of carbonyl (C=O) groups excluding carboxylic acids is 1. The van der Waals surface area contributed by atoms with E-state index in [-0.39, 0.29) is 0 Å². The number of aliphatic carboxylic acids is 1. The second kappa shape index (κ2) is 33.4. The molecule has 0 heterocycles. The standard InChI is InChI=1S/C37H72O2/c1-3-5-7-9-11-13-15-16-17-18-19-20-21-22-23-25-27-29-31-33-35-36(37(38)39)34-32-30-28-26-24-14-12-10-8-6-4-2/h34H,3-33,35H2,1-2H3,(H,38,39)/p-1/b36-34-. The van der Waals surface area contributed by atoms with Crippen molar-refractivity contribution in [3.8, 4) is 0 Å². The topological polar surface area (TPSA) is 40.1 Å². The first-order valence-corrected chi connectivity index (χ1v) is 18.1. The largest absolute Gasteiger partial charge is 0.545 e. The van der Waals surface area contributed by atoms with Gasteiger partial charge in [-0.25, -0.2) is 0 Å². The Labute approximate surface area is 246 Å². The Kier molecular flexibility index (Phi) is 32.7. The van der Waals surface area contributed by atoms with Crippen LogP contribution < -0.4 is 5.11 Å². The minimum atomic E-state index is -0.945. The van der Waals surface area contributed by atoms with Gasteiger partial charge >= 0.3 is 0 Å². The number of hydrogen-bond acceptors (Lipinski definition) is 2. The molecule has 0 spiro atoms. The molecule has 0 saturated carbocycles. The average Bonchev–Trinajstić information content (AvgIpc) is 2.93. The van der Waals surface area contributed by atoms with Crippen molar-refractivity contribution in [3.05, 3.63) is 11.6 Å². The molecule has 0 aromatic rings. The van der Waals surface area contributed by atoms with Crippen LogP contribution in [0.5, 0.6) is 0 Å². The minimum Gasteiger partial charge on any atom is -0.545 e. The van der Waals surface area contributed by atoms with Crippen LogP contribution in [-0.4, -0.2) is 5.97 Å². The Morgan fingerprint density at radius 1 is 0.410 bits per heavy atom. The van der Waals surface area contributed by atoms with Crippen molar-refractivity contribution in [1.82, 2.24) is 0 Å². The summed E-state index contributed by atoms with van der Waals surface area (Å²) >= 11 is 0. The molecule has 0 atom stereocenters. The van der Waals surface area contributed by atoms with Gasteiger partial charge in [-0.1, -0.05) is 200 Å². The van der Waals surface area contributed by atoms with E-state index in [1.54, 1.807) is 0 Å². The lowest BCUT2D eigenvalue weighted by Gasteiger charge is -2.09. The van der Waals surface area contributed by atoms with Gasteiger partial charge in [-0.3, -0.25) is 0 Å². The zero-order chi connectivity index (χ0) is 28.5. The van der Waals surface area contributed by atoms with E-state index >= 15 is 0 Å². The number of carboxylic acids is 1. The van der Waals surface area contributed by atoms with E-state index in [1.807, 2.05) is 6.08 Å². The van der Waals surface area contributed by atoms with E-state index in [1.165, 1.54) is 173 Å². The van der Waals surface area contributed by atoms with Crippen LogP contribution in [0.4, 0.5) is 0 Å². The Hall–Kier alpha value is -0.790. The number of hydrogen-bond donors (Lipinski definition) is 0. The van der Waals surface area contributed by atoms with Crippen LogP contribution in [0.2, 0.25) is 0 Å². The summed E-state index contributed by atoms with van der Waals surface area (Å²) in [6, 6.07) is 0. The second-order valence-electron chi connectivity index (χ2n) is 12.5. The number of unbranched alkanes of at least 4 members (excludes halogenated alkanes) is 29. The molecule has 0 aliphatic carbocycles. The SMILES string of the molecule is CCCCCCCCCCCC/C=C(/CCCCCCCCCCCCCCCCCCCCCC)C(=O)[O-]. The summed E-state index contributed by atoms with van der Waals surface area (Å²) in [7, 11) is 0. The van der Waals surface area contributed by atoms with Crippen molar-refractivity contribution in [3.63, 3.8) is 0 Å². The molecule has 0 bridgehead atoms. The first kappa shape index (κ1) is 38.2. The molecule has 0 radical (unpaired) electrons. The molecule has 232 valence electrons. The van der Waals surface area contributed by atoms with Gasteiger partial charge in [-0.05, 0) is 31.3 Å². The Morgan fingerprint density at radius 3 is 0.949 bits per heavy atom. The van der Waals surface area contributed by atoms with Gasteiger partial charge in [-0.2, -0.15) is 0 Å². The molecular formula is C37H71O2-. The van der Waals surface area contributed by atoms with Crippen molar-refractivity contribution >= 4 is 5.97 Å². The number of carbonyl (C=O) groups is 1. The lowest BCUT2D eigenvalue weighted by atomic mass is 10.0. The van der Waals surface area contributed by atoms with Gasteiger partial charge in [0.1, 0.15) is 0 Å². The highest BCUT2D eigenvalue weighted by atomic mass is 16.4. The van der Waals surface area contributed by atoms with E-state index in [2.05, 4.69) is 13.8 Å². The molecule has 0 aromatic carbocycles. The third-order valence-electron chi connectivity index (χ3n) is 8.51. The fourth-order valence-corrected chi connectivity index (χ4v) is 5.77. The maximum absolute atomic E-state index is 11.5. The van der Waals surface area contributed by atoms with Gasteiger partial charge in [0.2, 0.25) is 0 Å². The van der Waals surface area contributed by atoms with E-state index in [0.29, 0.717) is 12.0 Å². The predicted molar refractivity (Wildman–Crippen MR) is 172 cm³/mol. The fraction of sp³-hybridized carbons (Fsp3) is 0.919. The Balaban J connectivity index is 3.41. The smallest absolute Gasteiger partial charge is 0.0671 e. The first-order valence-electron chi connectivity index (χ1n) is 18.1. The van der Waals surface area contributed by atoms with E-state index in [9.17, 15) is 9.90 Å². The highest BCUT2D eigenvalue weighted by Crippen LogP contribution is 2.17. The normalized spacial score (nSPS) is 11.9. The minimum absolute atomic E-state index is 0.549.